The molecule has 3 heterocycles. The number of nitrogens with one attached hydrogen (secondary N) is 2. The molecule has 0 radical (unpaired) electrons. The molecule has 176 valence electrons. The standard InChI is InChI=1S/C20H29N5O3S4/c1-7-25(8-2)32(27,28)20-17(26)14(10-29-20)21-18-19(24-31-23-18)22-16(11(3)4)15-9-12(5)13(6)30-15/h9-11,16,26H,7-8H2,1-6H3,(H,21,23)(H,22,24)/t16-/m1/s1. The van der Waals surface area contributed by atoms with E-state index in [0.717, 1.165) is 23.1 Å². The van der Waals surface area contributed by atoms with Crippen LogP contribution in [0, 0.1) is 19.8 Å². The predicted molar refractivity (Wildman–Crippen MR) is 134 cm³/mol. The molecule has 3 aromatic heterocycles. The zero-order valence-electron chi connectivity index (χ0n) is 19.0. The largest absolute Gasteiger partial charge is 0.504 e. The van der Waals surface area contributed by atoms with Gasteiger partial charge >= 0.3 is 0 Å². The minimum absolute atomic E-state index is 0.0477. The summed E-state index contributed by atoms with van der Waals surface area (Å²) < 4.78 is 35.6. The Kier molecular flexibility index (Phi) is 7.81. The number of aryl methyl sites for hydroxylation is 2. The van der Waals surface area contributed by atoms with Gasteiger partial charge in [0.2, 0.25) is 0 Å². The minimum atomic E-state index is -3.75. The van der Waals surface area contributed by atoms with Gasteiger partial charge in [0.15, 0.2) is 21.6 Å². The Bertz CT molecular complexity index is 1140. The SMILES string of the molecule is CCN(CC)S(=O)(=O)c1scc(Nc2nsnc2N[C@@H](c2cc(C)c(C)s2)C(C)C)c1O. The first-order chi connectivity index (χ1) is 15.1. The summed E-state index contributed by atoms with van der Waals surface area (Å²) in [5, 5.41) is 18.8. The summed E-state index contributed by atoms with van der Waals surface area (Å²) in [7, 11) is -3.75. The molecule has 3 N–H and O–H groups in total. The summed E-state index contributed by atoms with van der Waals surface area (Å²) in [6.45, 7) is 12.7. The maximum Gasteiger partial charge on any atom is 0.256 e. The molecule has 0 aromatic carbocycles. The second-order valence-electron chi connectivity index (χ2n) is 7.72. The minimum Gasteiger partial charge on any atom is -0.504 e. The van der Waals surface area contributed by atoms with Crippen LogP contribution in [0.1, 0.15) is 49.1 Å². The van der Waals surface area contributed by atoms with E-state index in [2.05, 4.69) is 53.1 Å². The molecule has 0 saturated heterocycles. The number of rotatable bonds is 10. The highest BCUT2D eigenvalue weighted by Crippen LogP contribution is 2.42. The van der Waals surface area contributed by atoms with Crippen LogP contribution in [-0.4, -0.2) is 39.7 Å². The summed E-state index contributed by atoms with van der Waals surface area (Å²) in [4.78, 5) is 2.51. The zero-order chi connectivity index (χ0) is 23.6. The number of thiophene rings is 2. The van der Waals surface area contributed by atoms with Gasteiger partial charge < -0.3 is 15.7 Å². The highest BCUT2D eigenvalue weighted by Gasteiger charge is 2.29. The molecule has 3 aromatic rings. The van der Waals surface area contributed by atoms with Crippen molar-refractivity contribution in [3.8, 4) is 5.75 Å². The van der Waals surface area contributed by atoms with Gasteiger partial charge in [-0.3, -0.25) is 0 Å². The smallest absolute Gasteiger partial charge is 0.256 e. The van der Waals surface area contributed by atoms with Crippen LogP contribution in [0.25, 0.3) is 0 Å². The zero-order valence-corrected chi connectivity index (χ0v) is 22.2. The normalized spacial score (nSPS) is 13.1. The highest BCUT2D eigenvalue weighted by molar-refractivity contribution is 7.91. The van der Waals surface area contributed by atoms with Crippen LogP contribution in [0.3, 0.4) is 0 Å². The third kappa shape index (κ3) is 4.93. The van der Waals surface area contributed by atoms with Crippen molar-refractivity contribution < 1.29 is 13.5 Å². The van der Waals surface area contributed by atoms with E-state index in [4.69, 9.17) is 0 Å². The van der Waals surface area contributed by atoms with E-state index < -0.39 is 10.0 Å². The van der Waals surface area contributed by atoms with E-state index in [-0.39, 0.29) is 16.0 Å². The summed E-state index contributed by atoms with van der Waals surface area (Å²) in [5.74, 6) is 1.02. The Morgan fingerprint density at radius 3 is 2.38 bits per heavy atom. The Labute approximate surface area is 201 Å². The lowest BCUT2D eigenvalue weighted by molar-refractivity contribution is 0.434. The van der Waals surface area contributed by atoms with Gasteiger partial charge in [-0.1, -0.05) is 27.7 Å². The van der Waals surface area contributed by atoms with Crippen LogP contribution < -0.4 is 10.6 Å². The lowest BCUT2D eigenvalue weighted by atomic mass is 10.0. The van der Waals surface area contributed by atoms with Crippen LogP contribution in [0.15, 0.2) is 15.7 Å². The Morgan fingerprint density at radius 1 is 1.16 bits per heavy atom. The van der Waals surface area contributed by atoms with E-state index in [0.29, 0.717) is 36.3 Å². The molecule has 0 bridgehead atoms. The number of hydrogen-bond donors (Lipinski definition) is 3. The van der Waals surface area contributed by atoms with Crippen molar-refractivity contribution in [2.75, 3.05) is 23.7 Å². The second-order valence-corrected chi connectivity index (χ2v) is 12.5. The van der Waals surface area contributed by atoms with Gasteiger partial charge in [-0.05, 0) is 31.4 Å². The molecular formula is C20H29N5O3S4. The van der Waals surface area contributed by atoms with Gasteiger partial charge in [0.1, 0.15) is 0 Å². The molecule has 0 aliphatic heterocycles. The molecule has 12 heteroatoms. The molecular weight excluding hydrogens is 487 g/mol. The molecule has 0 spiro atoms. The number of aromatic nitrogens is 2. The van der Waals surface area contributed by atoms with Gasteiger partial charge in [-0.2, -0.15) is 13.1 Å². The van der Waals surface area contributed by atoms with Crippen molar-refractivity contribution in [2.45, 2.75) is 51.8 Å². The highest BCUT2D eigenvalue weighted by atomic mass is 32.2. The van der Waals surface area contributed by atoms with E-state index in [1.807, 2.05) is 0 Å². The first-order valence-electron chi connectivity index (χ1n) is 10.3. The summed E-state index contributed by atoms with van der Waals surface area (Å²) in [6, 6.07) is 2.24. The summed E-state index contributed by atoms with van der Waals surface area (Å²) in [5.41, 5.74) is 1.55. The molecule has 32 heavy (non-hydrogen) atoms. The lowest BCUT2D eigenvalue weighted by Crippen LogP contribution is -2.30. The molecule has 0 saturated carbocycles. The van der Waals surface area contributed by atoms with Crippen molar-refractivity contribution in [1.82, 2.24) is 13.1 Å². The quantitative estimate of drug-likeness (QED) is 0.324. The number of sulfonamides is 1. The van der Waals surface area contributed by atoms with Gasteiger partial charge in [0, 0.05) is 28.2 Å². The monoisotopic (exact) mass is 515 g/mol. The first-order valence-corrected chi connectivity index (χ1v) is 14.2. The molecule has 1 atom stereocenters. The molecule has 0 unspecified atom stereocenters. The van der Waals surface area contributed by atoms with Crippen molar-refractivity contribution >= 4 is 61.7 Å². The van der Waals surface area contributed by atoms with Crippen LogP contribution in [0.2, 0.25) is 0 Å². The summed E-state index contributed by atoms with van der Waals surface area (Å²) >= 11 is 3.79. The van der Waals surface area contributed by atoms with Crippen LogP contribution in [0.4, 0.5) is 17.3 Å². The van der Waals surface area contributed by atoms with Gasteiger partial charge in [-0.25, -0.2) is 8.42 Å². The van der Waals surface area contributed by atoms with E-state index in [9.17, 15) is 13.5 Å². The van der Waals surface area contributed by atoms with Gasteiger partial charge in [0.05, 0.1) is 23.5 Å². The third-order valence-corrected chi connectivity index (χ3v) is 10.5. The Balaban J connectivity index is 1.86. The maximum atomic E-state index is 12.8. The molecule has 0 amide bonds. The maximum absolute atomic E-state index is 12.8. The predicted octanol–water partition coefficient (Wildman–Crippen LogP) is 5.57. The number of hydrogen-bond acceptors (Lipinski definition) is 10. The van der Waals surface area contributed by atoms with Crippen LogP contribution in [-0.2, 0) is 10.0 Å². The van der Waals surface area contributed by atoms with E-state index in [1.165, 1.54) is 19.6 Å². The van der Waals surface area contributed by atoms with Crippen molar-refractivity contribution in [2.24, 2.45) is 5.92 Å². The fraction of sp³-hybridized carbons (Fsp3) is 0.500. The van der Waals surface area contributed by atoms with Crippen molar-refractivity contribution in [3.63, 3.8) is 0 Å². The van der Waals surface area contributed by atoms with Crippen LogP contribution in [0.5, 0.6) is 5.75 Å². The third-order valence-electron chi connectivity index (χ3n) is 5.20. The van der Waals surface area contributed by atoms with Gasteiger partial charge in [-0.15, -0.1) is 22.7 Å². The summed E-state index contributed by atoms with van der Waals surface area (Å²) in [6.07, 6.45) is 0. The first kappa shape index (κ1) is 24.9. The molecule has 0 aliphatic rings. The molecule has 8 nitrogen and oxygen atoms in total. The number of nitrogens with zero attached hydrogens (tertiary/aromatic N) is 3. The lowest BCUT2D eigenvalue weighted by Gasteiger charge is -2.21. The fourth-order valence-electron chi connectivity index (χ4n) is 3.25. The average molecular weight is 516 g/mol. The van der Waals surface area contributed by atoms with E-state index in [1.54, 1.807) is 30.6 Å². The topological polar surface area (TPSA) is 107 Å². The van der Waals surface area contributed by atoms with Crippen molar-refractivity contribution in [3.05, 3.63) is 26.8 Å². The molecule has 0 aliphatic carbocycles. The Morgan fingerprint density at radius 2 is 1.81 bits per heavy atom. The van der Waals surface area contributed by atoms with Crippen LogP contribution >= 0.6 is 34.4 Å². The van der Waals surface area contributed by atoms with Gasteiger partial charge in [0.25, 0.3) is 10.0 Å². The Hall–Kier alpha value is -1.73. The second kappa shape index (κ2) is 10.0. The molecule has 3 rings (SSSR count). The number of anilines is 3. The number of aromatic hydroxyl groups is 1. The van der Waals surface area contributed by atoms with Crippen molar-refractivity contribution in [1.29, 1.82) is 0 Å². The average Bonchev–Trinajstić information content (AvgIpc) is 3.41. The van der Waals surface area contributed by atoms with E-state index >= 15 is 0 Å². The fourth-order valence-corrected chi connectivity index (χ4v) is 7.82. The molecule has 0 fully saturated rings.